The number of hydrogen-bond donors (Lipinski definition) is 2. The van der Waals surface area contributed by atoms with Crippen LogP contribution in [0.15, 0.2) is 12.1 Å². The lowest BCUT2D eigenvalue weighted by Crippen LogP contribution is -2.43. The van der Waals surface area contributed by atoms with Gasteiger partial charge in [0.15, 0.2) is 6.61 Å². The second-order valence-electron chi connectivity index (χ2n) is 5.72. The standard InChI is InChI=1S/C14H21N3O3/c1-14(2,17(3)4)8-20-11-6-10-12(5-9(11)15)19-7-13(18)16-10/h5-6H,7-8,15H2,1-4H3,(H,16,18). The van der Waals surface area contributed by atoms with Crippen LogP contribution in [0, 0.1) is 0 Å². The van der Waals surface area contributed by atoms with Crippen molar-refractivity contribution >= 4 is 17.3 Å². The molecule has 6 heteroatoms. The first-order valence-corrected chi connectivity index (χ1v) is 6.46. The van der Waals surface area contributed by atoms with E-state index in [0.29, 0.717) is 29.5 Å². The third-order valence-electron chi connectivity index (χ3n) is 3.54. The molecule has 3 N–H and O–H groups in total. The summed E-state index contributed by atoms with van der Waals surface area (Å²) in [6, 6.07) is 3.38. The summed E-state index contributed by atoms with van der Waals surface area (Å²) in [5, 5.41) is 2.74. The molecule has 0 unspecified atom stereocenters. The average Bonchev–Trinajstić information content (AvgIpc) is 2.36. The number of likely N-dealkylation sites (N-methyl/N-ethyl adjacent to an activating group) is 1. The molecule has 0 radical (unpaired) electrons. The van der Waals surface area contributed by atoms with E-state index in [1.807, 2.05) is 14.1 Å². The molecule has 0 aromatic heterocycles. The van der Waals surface area contributed by atoms with Crippen molar-refractivity contribution in [1.29, 1.82) is 0 Å². The van der Waals surface area contributed by atoms with Gasteiger partial charge in [-0.05, 0) is 27.9 Å². The fraction of sp³-hybridized carbons (Fsp3) is 0.500. The van der Waals surface area contributed by atoms with Crippen LogP contribution in [0.4, 0.5) is 11.4 Å². The van der Waals surface area contributed by atoms with Crippen LogP contribution in [0.3, 0.4) is 0 Å². The van der Waals surface area contributed by atoms with Crippen LogP contribution in [0.5, 0.6) is 11.5 Å². The molecule has 0 saturated carbocycles. The van der Waals surface area contributed by atoms with Gasteiger partial charge in [-0.1, -0.05) is 0 Å². The molecule has 0 bridgehead atoms. The van der Waals surface area contributed by atoms with E-state index in [-0.39, 0.29) is 18.1 Å². The number of fused-ring (bicyclic) bond motifs is 1. The van der Waals surface area contributed by atoms with E-state index in [2.05, 4.69) is 24.1 Å². The first-order chi connectivity index (χ1) is 9.29. The van der Waals surface area contributed by atoms with E-state index >= 15 is 0 Å². The summed E-state index contributed by atoms with van der Waals surface area (Å²) in [4.78, 5) is 13.4. The van der Waals surface area contributed by atoms with Crippen molar-refractivity contribution in [2.24, 2.45) is 0 Å². The van der Waals surface area contributed by atoms with Gasteiger partial charge in [-0.15, -0.1) is 0 Å². The number of carbonyl (C=O) groups excluding carboxylic acids is 1. The lowest BCUT2D eigenvalue weighted by molar-refractivity contribution is -0.118. The van der Waals surface area contributed by atoms with Crippen molar-refractivity contribution in [1.82, 2.24) is 4.90 Å². The summed E-state index contributed by atoms with van der Waals surface area (Å²) < 4.78 is 11.1. The van der Waals surface area contributed by atoms with Gasteiger partial charge in [0.25, 0.3) is 5.91 Å². The number of ether oxygens (including phenoxy) is 2. The first-order valence-electron chi connectivity index (χ1n) is 6.46. The molecule has 110 valence electrons. The number of hydrogen-bond acceptors (Lipinski definition) is 5. The number of nitrogens with two attached hydrogens (primary N) is 1. The van der Waals surface area contributed by atoms with Crippen molar-refractivity contribution in [2.45, 2.75) is 19.4 Å². The number of nitrogen functional groups attached to an aromatic ring is 1. The van der Waals surface area contributed by atoms with Crippen LogP contribution in [-0.2, 0) is 4.79 Å². The summed E-state index contributed by atoms with van der Waals surface area (Å²) >= 11 is 0. The molecule has 0 atom stereocenters. The molecular formula is C14H21N3O3. The smallest absolute Gasteiger partial charge is 0.262 e. The van der Waals surface area contributed by atoms with Gasteiger partial charge in [0, 0.05) is 17.7 Å². The SMILES string of the molecule is CN(C)C(C)(C)COc1cc2c(cc1N)OCC(=O)N2. The molecule has 1 heterocycles. The molecule has 6 nitrogen and oxygen atoms in total. The summed E-state index contributed by atoms with van der Waals surface area (Å²) in [6.45, 7) is 4.65. The Balaban J connectivity index is 2.17. The highest BCUT2D eigenvalue weighted by atomic mass is 16.5. The van der Waals surface area contributed by atoms with Gasteiger partial charge in [-0.25, -0.2) is 0 Å². The Morgan fingerprint density at radius 3 is 2.80 bits per heavy atom. The van der Waals surface area contributed by atoms with Crippen LogP contribution in [0.1, 0.15) is 13.8 Å². The highest BCUT2D eigenvalue weighted by Gasteiger charge is 2.23. The molecule has 0 saturated heterocycles. The van der Waals surface area contributed by atoms with E-state index in [9.17, 15) is 4.79 Å². The van der Waals surface area contributed by atoms with E-state index < -0.39 is 0 Å². The van der Waals surface area contributed by atoms with Crippen molar-refractivity contribution < 1.29 is 14.3 Å². The Morgan fingerprint density at radius 1 is 1.45 bits per heavy atom. The average molecular weight is 279 g/mol. The molecule has 0 spiro atoms. The number of nitrogens with zero attached hydrogens (tertiary/aromatic N) is 1. The number of carbonyl (C=O) groups is 1. The molecule has 1 aromatic rings. The van der Waals surface area contributed by atoms with Crippen molar-refractivity contribution in [3.05, 3.63) is 12.1 Å². The van der Waals surface area contributed by atoms with E-state index in [4.69, 9.17) is 15.2 Å². The lowest BCUT2D eigenvalue weighted by atomic mass is 10.1. The number of rotatable bonds is 4. The molecule has 0 aliphatic carbocycles. The Bertz CT molecular complexity index is 527. The molecule has 1 aromatic carbocycles. The highest BCUT2D eigenvalue weighted by molar-refractivity contribution is 5.96. The maximum atomic E-state index is 11.3. The molecular weight excluding hydrogens is 258 g/mol. The fourth-order valence-corrected chi connectivity index (χ4v) is 1.63. The summed E-state index contributed by atoms with van der Waals surface area (Å²) in [7, 11) is 3.99. The molecule has 0 fully saturated rings. The number of nitrogens with one attached hydrogen (secondary N) is 1. The number of anilines is 2. The molecule has 1 amide bonds. The Labute approximate surface area is 118 Å². The summed E-state index contributed by atoms with van der Waals surface area (Å²) in [5.41, 5.74) is 6.92. The summed E-state index contributed by atoms with van der Waals surface area (Å²) in [6.07, 6.45) is 0. The van der Waals surface area contributed by atoms with Gasteiger partial charge in [-0.2, -0.15) is 0 Å². The zero-order chi connectivity index (χ0) is 14.9. The zero-order valence-electron chi connectivity index (χ0n) is 12.3. The predicted octanol–water partition coefficient (Wildman–Crippen LogP) is 1.32. The van der Waals surface area contributed by atoms with E-state index in [1.165, 1.54) is 0 Å². The van der Waals surface area contributed by atoms with Gasteiger partial charge in [0.05, 0.1) is 11.4 Å². The second kappa shape index (κ2) is 5.20. The fourth-order valence-electron chi connectivity index (χ4n) is 1.63. The predicted molar refractivity (Wildman–Crippen MR) is 78.2 cm³/mol. The Morgan fingerprint density at radius 2 is 2.15 bits per heavy atom. The minimum Gasteiger partial charge on any atom is -0.489 e. The Kier molecular flexibility index (Phi) is 3.76. The minimum absolute atomic E-state index is 0.0142. The lowest BCUT2D eigenvalue weighted by Gasteiger charge is -2.32. The molecule has 1 aliphatic rings. The molecule has 2 rings (SSSR count). The largest absolute Gasteiger partial charge is 0.489 e. The first kappa shape index (κ1) is 14.5. The van der Waals surface area contributed by atoms with Crippen LogP contribution in [-0.4, -0.2) is 43.7 Å². The van der Waals surface area contributed by atoms with E-state index in [1.54, 1.807) is 12.1 Å². The molecule has 1 aliphatic heterocycles. The summed E-state index contributed by atoms with van der Waals surface area (Å²) in [5.74, 6) is 0.938. The van der Waals surface area contributed by atoms with Gasteiger partial charge in [-0.3, -0.25) is 4.79 Å². The van der Waals surface area contributed by atoms with Gasteiger partial charge in [0.2, 0.25) is 0 Å². The van der Waals surface area contributed by atoms with Crippen LogP contribution in [0.2, 0.25) is 0 Å². The second-order valence-corrected chi connectivity index (χ2v) is 5.72. The number of amides is 1. The van der Waals surface area contributed by atoms with Gasteiger partial charge < -0.3 is 25.4 Å². The highest BCUT2D eigenvalue weighted by Crippen LogP contribution is 2.36. The van der Waals surface area contributed by atoms with Crippen LogP contribution < -0.4 is 20.5 Å². The minimum atomic E-state index is -0.179. The maximum Gasteiger partial charge on any atom is 0.262 e. The quantitative estimate of drug-likeness (QED) is 0.813. The van der Waals surface area contributed by atoms with Crippen LogP contribution >= 0.6 is 0 Å². The third kappa shape index (κ3) is 2.96. The Hall–Kier alpha value is -1.95. The van der Waals surface area contributed by atoms with Gasteiger partial charge in [0.1, 0.15) is 18.1 Å². The van der Waals surface area contributed by atoms with Crippen molar-refractivity contribution in [2.75, 3.05) is 38.4 Å². The topological polar surface area (TPSA) is 76.8 Å². The third-order valence-corrected chi connectivity index (χ3v) is 3.54. The molecule has 20 heavy (non-hydrogen) atoms. The zero-order valence-corrected chi connectivity index (χ0v) is 12.3. The van der Waals surface area contributed by atoms with Gasteiger partial charge >= 0.3 is 0 Å². The van der Waals surface area contributed by atoms with E-state index in [0.717, 1.165) is 0 Å². The van der Waals surface area contributed by atoms with Crippen LogP contribution in [0.25, 0.3) is 0 Å². The number of benzene rings is 1. The monoisotopic (exact) mass is 279 g/mol. The normalized spacial score (nSPS) is 14.6. The maximum absolute atomic E-state index is 11.3. The van der Waals surface area contributed by atoms with Crippen molar-refractivity contribution in [3.63, 3.8) is 0 Å². The van der Waals surface area contributed by atoms with Crippen molar-refractivity contribution in [3.8, 4) is 11.5 Å².